The molecule has 0 bridgehead atoms. The molecule has 0 aliphatic carbocycles. The number of nitrogens with one attached hydrogen (secondary N) is 2. The van der Waals surface area contributed by atoms with E-state index < -0.39 is 32.4 Å². The van der Waals surface area contributed by atoms with Crippen molar-refractivity contribution in [1.82, 2.24) is 9.71 Å². The smallest absolute Gasteiger partial charge is 0.246 e. The molecule has 1 heterocycles. The lowest BCUT2D eigenvalue weighted by atomic mass is 10.1. The van der Waals surface area contributed by atoms with E-state index in [4.69, 9.17) is 0 Å². The van der Waals surface area contributed by atoms with Gasteiger partial charge in [-0.05, 0) is 42.3 Å². The van der Waals surface area contributed by atoms with E-state index in [2.05, 4.69) is 9.71 Å². The Morgan fingerprint density at radius 3 is 2.46 bits per heavy atom. The fourth-order valence-electron chi connectivity index (χ4n) is 2.49. The Kier molecular flexibility index (Phi) is 4.33. The summed E-state index contributed by atoms with van der Waals surface area (Å²) in [7, 11) is -4.32. The molecule has 0 fully saturated rings. The number of H-pyrrole nitrogens is 1. The lowest BCUT2D eigenvalue weighted by molar-refractivity contribution is 0.514. The summed E-state index contributed by atoms with van der Waals surface area (Å²) >= 11 is 0. The highest BCUT2D eigenvalue weighted by Crippen LogP contribution is 2.21. The highest BCUT2D eigenvalue weighted by Gasteiger charge is 2.23. The third-order valence-corrected chi connectivity index (χ3v) is 5.12. The molecule has 0 amide bonds. The standard InChI is InChI=1S/C16H13F3N2O2S/c17-11-4-5-15-12(8-11)10(9-20-15)6-7-21-24(22,23)16-13(18)2-1-3-14(16)19/h1-5,8-9,20-21H,6-7H2. The summed E-state index contributed by atoms with van der Waals surface area (Å²) in [5, 5.41) is 0.631. The zero-order valence-corrected chi connectivity index (χ0v) is 13.1. The molecule has 0 spiro atoms. The van der Waals surface area contributed by atoms with Gasteiger partial charge >= 0.3 is 0 Å². The summed E-state index contributed by atoms with van der Waals surface area (Å²) < 4.78 is 66.8. The molecule has 126 valence electrons. The minimum absolute atomic E-state index is 0.0838. The number of benzene rings is 2. The molecule has 3 rings (SSSR count). The maximum Gasteiger partial charge on any atom is 0.246 e. The molecule has 0 aliphatic heterocycles. The number of aromatic amines is 1. The second-order valence-electron chi connectivity index (χ2n) is 5.20. The van der Waals surface area contributed by atoms with Crippen LogP contribution in [-0.2, 0) is 16.4 Å². The predicted molar refractivity (Wildman–Crippen MR) is 83.5 cm³/mol. The molecule has 24 heavy (non-hydrogen) atoms. The van der Waals surface area contributed by atoms with E-state index in [1.807, 2.05) is 0 Å². The molecule has 0 aliphatic rings. The van der Waals surface area contributed by atoms with Crippen LogP contribution in [0.4, 0.5) is 13.2 Å². The van der Waals surface area contributed by atoms with Crippen LogP contribution in [0.1, 0.15) is 5.56 Å². The first-order valence-electron chi connectivity index (χ1n) is 7.08. The first-order valence-corrected chi connectivity index (χ1v) is 8.56. The van der Waals surface area contributed by atoms with Crippen molar-refractivity contribution in [3.8, 4) is 0 Å². The minimum Gasteiger partial charge on any atom is -0.361 e. The van der Waals surface area contributed by atoms with E-state index >= 15 is 0 Å². The molecular weight excluding hydrogens is 341 g/mol. The van der Waals surface area contributed by atoms with Crippen molar-refractivity contribution in [2.45, 2.75) is 11.3 Å². The fraction of sp³-hybridized carbons (Fsp3) is 0.125. The van der Waals surface area contributed by atoms with Crippen molar-refractivity contribution in [2.24, 2.45) is 0 Å². The van der Waals surface area contributed by atoms with Crippen LogP contribution in [0.25, 0.3) is 10.9 Å². The molecule has 3 aromatic rings. The molecular formula is C16H13F3N2O2S. The number of aromatic nitrogens is 1. The molecule has 0 atom stereocenters. The lowest BCUT2D eigenvalue weighted by Crippen LogP contribution is -2.27. The second-order valence-corrected chi connectivity index (χ2v) is 6.91. The van der Waals surface area contributed by atoms with E-state index in [9.17, 15) is 21.6 Å². The van der Waals surface area contributed by atoms with Crippen LogP contribution in [0.5, 0.6) is 0 Å². The van der Waals surface area contributed by atoms with Gasteiger partial charge in [-0.1, -0.05) is 6.07 Å². The van der Waals surface area contributed by atoms with Crippen molar-refractivity contribution >= 4 is 20.9 Å². The van der Waals surface area contributed by atoms with Gasteiger partial charge in [-0.2, -0.15) is 0 Å². The van der Waals surface area contributed by atoms with Gasteiger partial charge in [-0.3, -0.25) is 0 Å². The monoisotopic (exact) mass is 354 g/mol. The Bertz CT molecular complexity index is 979. The first-order chi connectivity index (χ1) is 11.4. The molecule has 0 saturated heterocycles. The number of halogens is 3. The molecule has 2 N–H and O–H groups in total. The Morgan fingerprint density at radius 2 is 1.75 bits per heavy atom. The van der Waals surface area contributed by atoms with Gasteiger partial charge in [0, 0.05) is 23.6 Å². The van der Waals surface area contributed by atoms with Crippen molar-refractivity contribution in [3.05, 3.63) is 65.6 Å². The minimum atomic E-state index is -4.32. The summed E-state index contributed by atoms with van der Waals surface area (Å²) in [4.78, 5) is 1.94. The van der Waals surface area contributed by atoms with Crippen molar-refractivity contribution in [1.29, 1.82) is 0 Å². The third kappa shape index (κ3) is 3.15. The van der Waals surface area contributed by atoms with Crippen LogP contribution in [0, 0.1) is 17.5 Å². The predicted octanol–water partition coefficient (Wildman–Crippen LogP) is 3.11. The quantitative estimate of drug-likeness (QED) is 0.740. The largest absolute Gasteiger partial charge is 0.361 e. The van der Waals surface area contributed by atoms with Gasteiger partial charge in [0.25, 0.3) is 0 Å². The van der Waals surface area contributed by atoms with Gasteiger partial charge < -0.3 is 4.98 Å². The van der Waals surface area contributed by atoms with E-state index in [1.54, 1.807) is 12.3 Å². The summed E-state index contributed by atoms with van der Waals surface area (Å²) in [6.45, 7) is -0.0838. The first kappa shape index (κ1) is 16.5. The SMILES string of the molecule is O=S(=O)(NCCc1c[nH]c2ccc(F)cc12)c1c(F)cccc1F. The summed E-state index contributed by atoms with van der Waals surface area (Å²) in [5.74, 6) is -2.72. The van der Waals surface area contributed by atoms with Crippen molar-refractivity contribution in [2.75, 3.05) is 6.54 Å². The Balaban J connectivity index is 1.77. The summed E-state index contributed by atoms with van der Waals surface area (Å²) in [5.41, 5.74) is 1.41. The molecule has 0 unspecified atom stereocenters. The Labute approximate surface area is 136 Å². The van der Waals surface area contributed by atoms with Crippen molar-refractivity contribution in [3.63, 3.8) is 0 Å². The molecule has 2 aromatic carbocycles. The zero-order chi connectivity index (χ0) is 17.3. The van der Waals surface area contributed by atoms with Crippen LogP contribution in [0.3, 0.4) is 0 Å². The summed E-state index contributed by atoms with van der Waals surface area (Å²) in [6, 6.07) is 7.07. The number of hydrogen-bond acceptors (Lipinski definition) is 2. The maximum absolute atomic E-state index is 13.6. The molecule has 0 saturated carbocycles. The highest BCUT2D eigenvalue weighted by molar-refractivity contribution is 7.89. The molecule has 0 radical (unpaired) electrons. The van der Waals surface area contributed by atoms with Crippen LogP contribution >= 0.6 is 0 Å². The topological polar surface area (TPSA) is 62.0 Å². The van der Waals surface area contributed by atoms with E-state index in [-0.39, 0.29) is 13.0 Å². The van der Waals surface area contributed by atoms with Crippen LogP contribution in [0.15, 0.2) is 47.5 Å². The molecule has 8 heteroatoms. The maximum atomic E-state index is 13.6. The highest BCUT2D eigenvalue weighted by atomic mass is 32.2. The number of fused-ring (bicyclic) bond motifs is 1. The van der Waals surface area contributed by atoms with Gasteiger partial charge in [-0.15, -0.1) is 0 Å². The average Bonchev–Trinajstić information content (AvgIpc) is 2.89. The van der Waals surface area contributed by atoms with E-state index in [1.165, 1.54) is 12.1 Å². The van der Waals surface area contributed by atoms with Gasteiger partial charge in [0.15, 0.2) is 4.90 Å². The number of rotatable bonds is 5. The molecule has 1 aromatic heterocycles. The molecule has 4 nitrogen and oxygen atoms in total. The van der Waals surface area contributed by atoms with Gasteiger partial charge in [0.1, 0.15) is 17.5 Å². The van der Waals surface area contributed by atoms with Crippen LogP contribution in [-0.4, -0.2) is 19.9 Å². The summed E-state index contributed by atoms with van der Waals surface area (Å²) in [6.07, 6.45) is 1.88. The Morgan fingerprint density at radius 1 is 1.04 bits per heavy atom. The second kappa shape index (κ2) is 6.29. The van der Waals surface area contributed by atoms with Crippen LogP contribution < -0.4 is 4.72 Å². The fourth-order valence-corrected chi connectivity index (χ4v) is 3.65. The van der Waals surface area contributed by atoms with Gasteiger partial charge in [0.05, 0.1) is 0 Å². The van der Waals surface area contributed by atoms with Crippen molar-refractivity contribution < 1.29 is 21.6 Å². The Hall–Kier alpha value is -2.32. The average molecular weight is 354 g/mol. The van der Waals surface area contributed by atoms with Gasteiger partial charge in [-0.25, -0.2) is 26.3 Å². The van der Waals surface area contributed by atoms with E-state index in [0.29, 0.717) is 10.9 Å². The normalized spacial score (nSPS) is 12.0. The zero-order valence-electron chi connectivity index (χ0n) is 12.3. The van der Waals surface area contributed by atoms with E-state index in [0.717, 1.165) is 23.7 Å². The van der Waals surface area contributed by atoms with Crippen LogP contribution in [0.2, 0.25) is 0 Å². The third-order valence-electron chi connectivity index (χ3n) is 3.60. The van der Waals surface area contributed by atoms with Gasteiger partial charge in [0.2, 0.25) is 10.0 Å². The number of hydrogen-bond donors (Lipinski definition) is 2. The number of sulfonamides is 1. The lowest BCUT2D eigenvalue weighted by Gasteiger charge is -2.08.